The monoisotopic (exact) mass is 503 g/mol. The number of halogens is 1. The van der Waals surface area contributed by atoms with E-state index in [1.54, 1.807) is 36.7 Å². The number of carbonyl (C=O) groups is 1. The summed E-state index contributed by atoms with van der Waals surface area (Å²) in [5.41, 5.74) is 4.59. The van der Waals surface area contributed by atoms with Gasteiger partial charge in [0.2, 0.25) is 0 Å². The predicted octanol–water partition coefficient (Wildman–Crippen LogP) is 5.17. The molecule has 4 aromatic rings. The van der Waals surface area contributed by atoms with E-state index in [1.165, 1.54) is 31.3 Å². The lowest BCUT2D eigenvalue weighted by molar-refractivity contribution is 0.0524. The van der Waals surface area contributed by atoms with Crippen molar-refractivity contribution in [3.63, 3.8) is 0 Å². The summed E-state index contributed by atoms with van der Waals surface area (Å²) < 4.78 is 22.5. The van der Waals surface area contributed by atoms with Crippen LogP contribution in [0.5, 0.6) is 0 Å². The number of hydrogen-bond donors (Lipinski definition) is 1. The van der Waals surface area contributed by atoms with Crippen molar-refractivity contribution in [2.75, 3.05) is 11.9 Å². The molecule has 10 heteroatoms. The third kappa shape index (κ3) is 4.96. The number of carbonyl (C=O) groups excluding carboxylic acids is 1. The van der Waals surface area contributed by atoms with Crippen LogP contribution >= 0.6 is 0 Å². The fourth-order valence-corrected chi connectivity index (χ4v) is 4.56. The minimum atomic E-state index is -0.404. The van der Waals surface area contributed by atoms with Crippen molar-refractivity contribution < 1.29 is 13.9 Å². The number of esters is 1. The molecule has 0 radical (unpaired) electrons. The molecule has 1 aliphatic rings. The highest BCUT2D eigenvalue weighted by molar-refractivity contribution is 5.92. The summed E-state index contributed by atoms with van der Waals surface area (Å²) in [6.45, 7) is 8.54. The van der Waals surface area contributed by atoms with E-state index >= 15 is 0 Å². The Labute approximate surface area is 214 Å². The Hall–Kier alpha value is -4.08. The Kier molecular flexibility index (Phi) is 6.73. The highest BCUT2D eigenvalue weighted by Crippen LogP contribution is 2.36. The summed E-state index contributed by atoms with van der Waals surface area (Å²) in [6.07, 6.45) is 4.57. The van der Waals surface area contributed by atoms with Crippen LogP contribution in [0.2, 0.25) is 0 Å². The summed E-state index contributed by atoms with van der Waals surface area (Å²) in [4.78, 5) is 21.2. The molecule has 0 aliphatic heterocycles. The first-order valence-corrected chi connectivity index (χ1v) is 12.6. The Balaban J connectivity index is 1.50. The number of benzene rings is 1. The van der Waals surface area contributed by atoms with Crippen molar-refractivity contribution in [1.82, 2.24) is 29.5 Å². The van der Waals surface area contributed by atoms with Gasteiger partial charge in [-0.1, -0.05) is 6.92 Å². The van der Waals surface area contributed by atoms with Crippen LogP contribution in [0.4, 0.5) is 16.0 Å². The molecule has 1 aromatic carbocycles. The highest BCUT2D eigenvalue weighted by atomic mass is 19.1. The predicted molar refractivity (Wildman–Crippen MR) is 138 cm³/mol. The lowest BCUT2D eigenvalue weighted by Crippen LogP contribution is -2.08. The van der Waals surface area contributed by atoms with Crippen LogP contribution in [0.1, 0.15) is 54.0 Å². The maximum Gasteiger partial charge on any atom is 0.341 e. The van der Waals surface area contributed by atoms with Gasteiger partial charge in [-0.05, 0) is 70.2 Å². The van der Waals surface area contributed by atoms with Crippen LogP contribution in [0.15, 0.2) is 36.7 Å². The maximum atomic E-state index is 13.6. The van der Waals surface area contributed by atoms with Gasteiger partial charge in [0.15, 0.2) is 11.6 Å². The molecule has 0 unspecified atom stereocenters. The Morgan fingerprint density at radius 3 is 2.57 bits per heavy atom. The molecule has 0 saturated heterocycles. The fourth-order valence-electron chi connectivity index (χ4n) is 4.56. The Morgan fingerprint density at radius 1 is 1.14 bits per heavy atom. The van der Waals surface area contributed by atoms with Gasteiger partial charge in [-0.25, -0.2) is 23.8 Å². The van der Waals surface area contributed by atoms with Crippen molar-refractivity contribution in [3.8, 4) is 17.1 Å². The van der Waals surface area contributed by atoms with E-state index in [0.29, 0.717) is 40.3 Å². The fraction of sp³-hybridized carbons (Fsp3) is 0.370. The Morgan fingerprint density at radius 2 is 1.89 bits per heavy atom. The van der Waals surface area contributed by atoms with E-state index in [1.807, 2.05) is 11.6 Å². The normalized spacial score (nSPS) is 13.1. The summed E-state index contributed by atoms with van der Waals surface area (Å²) in [7, 11) is 0. The molecule has 3 aromatic heterocycles. The van der Waals surface area contributed by atoms with Gasteiger partial charge >= 0.3 is 5.97 Å². The van der Waals surface area contributed by atoms with Crippen LogP contribution < -0.4 is 5.32 Å². The molecule has 3 heterocycles. The van der Waals surface area contributed by atoms with E-state index in [2.05, 4.69) is 27.3 Å². The van der Waals surface area contributed by atoms with Crippen molar-refractivity contribution in [2.24, 2.45) is 5.92 Å². The van der Waals surface area contributed by atoms with Crippen LogP contribution in [-0.2, 0) is 17.7 Å². The quantitative estimate of drug-likeness (QED) is 0.314. The molecular formula is C27H30FN7O2. The van der Waals surface area contributed by atoms with E-state index in [4.69, 9.17) is 9.84 Å². The third-order valence-corrected chi connectivity index (χ3v) is 6.54. The molecule has 0 amide bonds. The Bertz CT molecular complexity index is 1440. The summed E-state index contributed by atoms with van der Waals surface area (Å²) >= 11 is 0. The zero-order valence-electron chi connectivity index (χ0n) is 21.5. The number of aromatic nitrogens is 6. The van der Waals surface area contributed by atoms with E-state index < -0.39 is 5.97 Å². The molecule has 5 rings (SSSR count). The smallest absolute Gasteiger partial charge is 0.341 e. The van der Waals surface area contributed by atoms with E-state index in [0.717, 1.165) is 29.8 Å². The largest absolute Gasteiger partial charge is 0.462 e. The maximum absolute atomic E-state index is 13.6. The zero-order chi connectivity index (χ0) is 26.1. The molecule has 37 heavy (non-hydrogen) atoms. The van der Waals surface area contributed by atoms with Crippen LogP contribution in [0.25, 0.3) is 17.1 Å². The molecule has 1 saturated carbocycles. The van der Waals surface area contributed by atoms with Gasteiger partial charge in [0.1, 0.15) is 23.5 Å². The number of nitrogens with one attached hydrogen (secondary N) is 1. The van der Waals surface area contributed by atoms with Crippen molar-refractivity contribution in [1.29, 1.82) is 0 Å². The molecule has 0 spiro atoms. The molecule has 0 bridgehead atoms. The zero-order valence-corrected chi connectivity index (χ0v) is 21.5. The average Bonchev–Trinajstić information content (AvgIpc) is 3.56. The molecular weight excluding hydrogens is 473 g/mol. The van der Waals surface area contributed by atoms with Gasteiger partial charge in [0.25, 0.3) is 0 Å². The van der Waals surface area contributed by atoms with Crippen LogP contribution in [0.3, 0.4) is 0 Å². The van der Waals surface area contributed by atoms with Crippen molar-refractivity contribution >= 4 is 17.6 Å². The number of rotatable bonds is 9. The first kappa shape index (κ1) is 24.6. The van der Waals surface area contributed by atoms with Gasteiger partial charge in [0, 0.05) is 23.7 Å². The number of ether oxygens (including phenoxy) is 1. The van der Waals surface area contributed by atoms with Gasteiger partial charge in [-0.3, -0.25) is 4.68 Å². The topological polar surface area (TPSA) is 99.8 Å². The minimum absolute atomic E-state index is 0.266. The van der Waals surface area contributed by atoms with E-state index in [9.17, 15) is 9.18 Å². The lowest BCUT2D eigenvalue weighted by atomic mass is 10.0. The van der Waals surface area contributed by atoms with Crippen molar-refractivity contribution in [2.45, 2.75) is 53.5 Å². The number of aryl methyl sites for hydroxylation is 1. The van der Waals surface area contributed by atoms with E-state index in [-0.39, 0.29) is 12.4 Å². The summed E-state index contributed by atoms with van der Waals surface area (Å²) in [5.74, 6) is 1.71. The molecule has 1 aliphatic carbocycles. The van der Waals surface area contributed by atoms with Crippen molar-refractivity contribution in [3.05, 3.63) is 65.0 Å². The SMILES string of the molecule is CCOC(=O)c1c(C)nn(-c2cc(Nc3nn(CC4CC4)c(-c4ccc(F)cc4)c3CC)ncn2)c1C. The lowest BCUT2D eigenvalue weighted by Gasteiger charge is -2.09. The highest BCUT2D eigenvalue weighted by Gasteiger charge is 2.27. The number of nitrogens with zero attached hydrogens (tertiary/aromatic N) is 6. The van der Waals surface area contributed by atoms with Crippen LogP contribution in [-0.4, -0.2) is 42.1 Å². The van der Waals surface area contributed by atoms with Gasteiger partial charge in [-0.2, -0.15) is 10.2 Å². The first-order valence-electron chi connectivity index (χ1n) is 12.6. The second kappa shape index (κ2) is 10.1. The molecule has 0 atom stereocenters. The molecule has 1 N–H and O–H groups in total. The van der Waals surface area contributed by atoms with Gasteiger partial charge < -0.3 is 10.1 Å². The standard InChI is InChI=1S/C27H30FN7O2/c1-5-21-25(19-9-11-20(28)12-10-19)34(14-18-7-8-18)33-26(21)31-22-13-23(30-15-29-22)35-17(4)24(16(3)32-35)27(36)37-6-2/h9-13,15,18H,5-8,14H2,1-4H3,(H,29,30,31,33). The van der Waals surface area contributed by atoms with Crippen LogP contribution in [0, 0.1) is 25.6 Å². The molecule has 1 fully saturated rings. The molecule has 192 valence electrons. The van der Waals surface area contributed by atoms with Gasteiger partial charge in [0.05, 0.1) is 23.7 Å². The minimum Gasteiger partial charge on any atom is -0.462 e. The number of hydrogen-bond acceptors (Lipinski definition) is 7. The third-order valence-electron chi connectivity index (χ3n) is 6.54. The second-order valence-electron chi connectivity index (χ2n) is 9.23. The number of anilines is 2. The summed E-state index contributed by atoms with van der Waals surface area (Å²) in [5, 5.41) is 12.8. The second-order valence-corrected chi connectivity index (χ2v) is 9.23. The van der Waals surface area contributed by atoms with Gasteiger partial charge in [-0.15, -0.1) is 0 Å². The molecule has 9 nitrogen and oxygen atoms in total. The summed E-state index contributed by atoms with van der Waals surface area (Å²) in [6, 6.07) is 8.32. The average molecular weight is 504 g/mol. The first-order chi connectivity index (χ1) is 17.9.